The highest BCUT2D eigenvalue weighted by Gasteiger charge is 2.21. The van der Waals surface area contributed by atoms with Crippen LogP contribution >= 0.6 is 0 Å². The third kappa shape index (κ3) is 6.64. The molecule has 0 heterocycles. The Bertz CT molecular complexity index is 594. The van der Waals surface area contributed by atoms with Gasteiger partial charge in [-0.1, -0.05) is 12.1 Å². The molecule has 1 aliphatic rings. The number of nitrogens with zero attached hydrogens (tertiary/aromatic N) is 1. The van der Waals surface area contributed by atoms with Crippen molar-refractivity contribution in [1.82, 2.24) is 0 Å². The molecule has 8 nitrogen and oxygen atoms in total. The first-order valence-electron chi connectivity index (χ1n) is 6.67. The van der Waals surface area contributed by atoms with Gasteiger partial charge in [0.2, 0.25) is 0 Å². The maximum atomic E-state index is 11.3. The molecule has 0 radical (unpaired) electrons. The molecule has 2 N–H and O–H groups in total. The molecule has 1 fully saturated rings. The first kappa shape index (κ1) is 18.1. The van der Waals surface area contributed by atoms with Crippen LogP contribution in [0.15, 0.2) is 24.3 Å². The maximum absolute atomic E-state index is 11.3. The molecule has 1 aromatic carbocycles. The van der Waals surface area contributed by atoms with Crippen LogP contribution in [0.5, 0.6) is 5.75 Å². The van der Waals surface area contributed by atoms with Crippen LogP contribution in [-0.4, -0.2) is 25.7 Å². The summed E-state index contributed by atoms with van der Waals surface area (Å²) >= 11 is 0. The molecule has 0 amide bonds. The summed E-state index contributed by atoms with van der Waals surface area (Å²) in [5, 5.41) is 14.9. The highest BCUT2D eigenvalue weighted by molar-refractivity contribution is 7.69. The van der Waals surface area contributed by atoms with Crippen LogP contribution < -0.4 is 9.88 Å². The number of carbonyl (C=O) groups excluding carboxylic acids is 1. The molecule has 1 aliphatic carbocycles. The van der Waals surface area contributed by atoms with E-state index < -0.39 is 15.8 Å². The number of Topliss-reactive ketones (excluding diaryl/α,β-unsaturated/α-hetero) is 1. The molecule has 1 unspecified atom stereocenters. The lowest BCUT2D eigenvalue weighted by Gasteiger charge is -2.20. The van der Waals surface area contributed by atoms with E-state index in [1.807, 2.05) is 0 Å². The Morgan fingerprint density at radius 1 is 1.36 bits per heavy atom. The lowest BCUT2D eigenvalue weighted by Crippen LogP contribution is -2.21. The van der Waals surface area contributed by atoms with Gasteiger partial charge in [0.05, 0.1) is 11.5 Å². The molecule has 1 aromatic rings. The van der Waals surface area contributed by atoms with Gasteiger partial charge in [0.15, 0.2) is 16.6 Å². The van der Waals surface area contributed by atoms with E-state index >= 15 is 0 Å². The topological polar surface area (TPSA) is 130 Å². The minimum atomic E-state index is -2.62. The van der Waals surface area contributed by atoms with Gasteiger partial charge in [0.1, 0.15) is 5.78 Å². The Hall–Kier alpha value is -2.00. The second-order valence-corrected chi connectivity index (χ2v) is 5.39. The second-order valence-electron chi connectivity index (χ2n) is 4.82. The van der Waals surface area contributed by atoms with Crippen molar-refractivity contribution >= 4 is 22.4 Å². The Labute approximate surface area is 129 Å². The van der Waals surface area contributed by atoms with Crippen molar-refractivity contribution in [3.05, 3.63) is 34.4 Å². The van der Waals surface area contributed by atoms with Gasteiger partial charge in [-0.25, -0.2) is 13.6 Å². The van der Waals surface area contributed by atoms with E-state index in [0.717, 1.165) is 12.8 Å². The monoisotopic (exact) mass is 330 g/mol. The van der Waals surface area contributed by atoms with Crippen molar-refractivity contribution in [2.24, 2.45) is 11.1 Å². The molecule has 1 saturated carbocycles. The van der Waals surface area contributed by atoms with Gasteiger partial charge in [0.25, 0.3) is 0 Å². The minimum Gasteiger partial charge on any atom is -0.487 e. The summed E-state index contributed by atoms with van der Waals surface area (Å²) in [4.78, 5) is 21.6. The number of rotatable bonds is 4. The lowest BCUT2D eigenvalue weighted by atomic mass is 9.89. The second kappa shape index (κ2) is 9.11. The summed E-state index contributed by atoms with van der Waals surface area (Å²) in [6.45, 7) is 0.372. The first-order valence-corrected chi connectivity index (χ1v) is 7.91. The van der Waals surface area contributed by atoms with Crippen LogP contribution in [0, 0.1) is 16.0 Å². The number of ketones is 1. The highest BCUT2D eigenvalue weighted by atomic mass is 32.2. The molecule has 0 aliphatic heterocycles. The van der Waals surface area contributed by atoms with Crippen LogP contribution in [-0.2, 0) is 15.7 Å². The van der Waals surface area contributed by atoms with Crippen molar-refractivity contribution in [3.63, 3.8) is 0 Å². The summed E-state index contributed by atoms with van der Waals surface area (Å²) in [6.07, 6.45) is 3.03. The predicted molar refractivity (Wildman–Crippen MR) is 80.1 cm³/mol. The van der Waals surface area contributed by atoms with E-state index in [2.05, 4.69) is 5.14 Å². The fourth-order valence-corrected chi connectivity index (χ4v) is 2.19. The van der Waals surface area contributed by atoms with E-state index in [0.29, 0.717) is 19.4 Å². The Morgan fingerprint density at radius 3 is 2.59 bits per heavy atom. The number of thiol groups is 1. The number of para-hydroxylation sites is 2. The van der Waals surface area contributed by atoms with E-state index in [9.17, 15) is 14.9 Å². The summed E-state index contributed by atoms with van der Waals surface area (Å²) < 4.78 is 23.1. The Kier molecular flexibility index (Phi) is 7.47. The van der Waals surface area contributed by atoms with Gasteiger partial charge < -0.3 is 4.74 Å². The van der Waals surface area contributed by atoms with Gasteiger partial charge >= 0.3 is 5.69 Å². The average Bonchev–Trinajstić information content (AvgIpc) is 2.45. The summed E-state index contributed by atoms with van der Waals surface area (Å²) in [7, 11) is -2.62. The smallest absolute Gasteiger partial charge is 0.310 e. The van der Waals surface area contributed by atoms with Crippen LogP contribution in [0.4, 0.5) is 5.69 Å². The zero-order chi connectivity index (χ0) is 16.5. The fourth-order valence-electron chi connectivity index (χ4n) is 2.19. The average molecular weight is 330 g/mol. The number of nitro benzene ring substituents is 1. The molecule has 0 aromatic heterocycles. The van der Waals surface area contributed by atoms with E-state index in [1.165, 1.54) is 6.07 Å². The molecule has 122 valence electrons. The zero-order valence-electron chi connectivity index (χ0n) is 11.8. The van der Waals surface area contributed by atoms with E-state index in [1.54, 1.807) is 18.2 Å². The summed E-state index contributed by atoms with van der Waals surface area (Å²) in [5.74, 6) is 0.726. The third-order valence-electron chi connectivity index (χ3n) is 3.12. The molecular weight excluding hydrogens is 312 g/mol. The number of hydrogen-bond donors (Lipinski definition) is 2. The first-order chi connectivity index (χ1) is 10.4. The molecular formula is C13H18N2O6S. The number of ether oxygens (including phenoxy) is 1. The largest absolute Gasteiger partial charge is 0.487 e. The standard InChI is InChI=1S/C13H15NO4.H3NO2S/c15-11-5-3-4-10(8-11)9-18-13-7-2-1-6-12(13)14(16)17;1-4(2)3/h1-2,6-7,10H,3-5,8-9H2;4H,(H2,1,2,3). The quantitative estimate of drug-likeness (QED) is 0.485. The Balaban J connectivity index is 0.000000541. The van der Waals surface area contributed by atoms with Crippen molar-refractivity contribution < 1.29 is 22.9 Å². The molecule has 9 heteroatoms. The summed E-state index contributed by atoms with van der Waals surface area (Å²) in [5.41, 5.74) is -0.0281. The van der Waals surface area contributed by atoms with Crippen LogP contribution in [0.1, 0.15) is 25.7 Å². The number of nitrogens with two attached hydrogens (primary N) is 1. The number of hydrogen-bond acceptors (Lipinski definition) is 6. The van der Waals surface area contributed by atoms with Crippen LogP contribution in [0.3, 0.4) is 0 Å². The van der Waals surface area contributed by atoms with Gasteiger partial charge in [0, 0.05) is 18.9 Å². The summed E-state index contributed by atoms with van der Waals surface area (Å²) in [6, 6.07) is 6.31. The molecule has 0 saturated heterocycles. The van der Waals surface area contributed by atoms with Crippen molar-refractivity contribution in [2.75, 3.05) is 6.61 Å². The molecule has 2 rings (SSSR count). The fraction of sp³-hybridized carbons (Fsp3) is 0.462. The number of nitro groups is 1. The number of carbonyl (C=O) groups is 1. The normalized spacial score (nSPS) is 17.5. The molecule has 0 spiro atoms. The van der Waals surface area contributed by atoms with Gasteiger partial charge in [-0.05, 0) is 24.8 Å². The van der Waals surface area contributed by atoms with Crippen LogP contribution in [0.2, 0.25) is 0 Å². The SMILES string of the molecule is N[SH](=O)=O.O=C1CCCC(COc2ccccc2[N+](=O)[O-])C1. The third-order valence-corrected chi connectivity index (χ3v) is 3.12. The van der Waals surface area contributed by atoms with Crippen molar-refractivity contribution in [1.29, 1.82) is 0 Å². The zero-order valence-corrected chi connectivity index (χ0v) is 12.7. The maximum Gasteiger partial charge on any atom is 0.310 e. The Morgan fingerprint density at radius 2 is 2.00 bits per heavy atom. The van der Waals surface area contributed by atoms with Gasteiger partial charge in [-0.2, -0.15) is 0 Å². The van der Waals surface area contributed by atoms with Crippen molar-refractivity contribution in [2.45, 2.75) is 25.7 Å². The predicted octanol–water partition coefficient (Wildman–Crippen LogP) is 1.20. The van der Waals surface area contributed by atoms with Gasteiger partial charge in [-0.15, -0.1) is 0 Å². The molecule has 1 atom stereocenters. The van der Waals surface area contributed by atoms with Gasteiger partial charge in [-0.3, -0.25) is 14.9 Å². The van der Waals surface area contributed by atoms with E-state index in [-0.39, 0.29) is 23.1 Å². The van der Waals surface area contributed by atoms with E-state index in [4.69, 9.17) is 13.2 Å². The lowest BCUT2D eigenvalue weighted by molar-refractivity contribution is -0.385. The number of benzene rings is 1. The highest BCUT2D eigenvalue weighted by Crippen LogP contribution is 2.28. The van der Waals surface area contributed by atoms with Crippen LogP contribution in [0.25, 0.3) is 0 Å². The van der Waals surface area contributed by atoms with Crippen molar-refractivity contribution in [3.8, 4) is 5.75 Å². The minimum absolute atomic E-state index is 0.0281. The molecule has 22 heavy (non-hydrogen) atoms. The molecule has 0 bridgehead atoms.